The first-order valence-electron chi connectivity index (χ1n) is 6.78. The number of aryl methyl sites for hydroxylation is 1. The maximum absolute atomic E-state index is 13.7. The van der Waals surface area contributed by atoms with Crippen LogP contribution < -0.4 is 5.32 Å². The van der Waals surface area contributed by atoms with Crippen molar-refractivity contribution in [3.63, 3.8) is 0 Å². The van der Waals surface area contributed by atoms with Gasteiger partial charge in [0.1, 0.15) is 5.75 Å². The lowest BCUT2D eigenvalue weighted by Gasteiger charge is -2.27. The number of hydrogen-bond donors (Lipinski definition) is 2. The van der Waals surface area contributed by atoms with Gasteiger partial charge in [-0.3, -0.25) is 0 Å². The number of rotatable bonds is 2. The lowest BCUT2D eigenvalue weighted by molar-refractivity contribution is 0.447. The third-order valence-corrected chi connectivity index (χ3v) is 3.81. The quantitative estimate of drug-likeness (QED) is 0.809. The van der Waals surface area contributed by atoms with Crippen molar-refractivity contribution in [2.24, 2.45) is 0 Å². The molecule has 110 valence electrons. The van der Waals surface area contributed by atoms with Gasteiger partial charge >= 0.3 is 0 Å². The highest BCUT2D eigenvalue weighted by atomic mass is 19.2. The SMILES string of the molecule is Oc1ccc2c(c1)CCCC2Nc1ccc(F)c(F)c1F. The Kier molecular flexibility index (Phi) is 3.49. The van der Waals surface area contributed by atoms with Crippen LogP contribution in [-0.2, 0) is 6.42 Å². The summed E-state index contributed by atoms with van der Waals surface area (Å²) in [5.41, 5.74) is 1.88. The maximum atomic E-state index is 13.7. The lowest BCUT2D eigenvalue weighted by atomic mass is 9.87. The Balaban J connectivity index is 1.92. The minimum absolute atomic E-state index is 0.0557. The molecular formula is C16H14F3NO. The Labute approximate surface area is 120 Å². The van der Waals surface area contributed by atoms with Crippen molar-refractivity contribution in [2.45, 2.75) is 25.3 Å². The van der Waals surface area contributed by atoms with E-state index in [-0.39, 0.29) is 17.5 Å². The number of aromatic hydroxyl groups is 1. The van der Waals surface area contributed by atoms with Crippen LogP contribution in [-0.4, -0.2) is 5.11 Å². The molecule has 0 saturated heterocycles. The van der Waals surface area contributed by atoms with Crippen LogP contribution in [0.15, 0.2) is 30.3 Å². The second-order valence-electron chi connectivity index (χ2n) is 5.20. The van der Waals surface area contributed by atoms with E-state index in [4.69, 9.17) is 0 Å². The summed E-state index contributed by atoms with van der Waals surface area (Å²) < 4.78 is 40.0. The first kappa shape index (κ1) is 13.8. The largest absolute Gasteiger partial charge is 0.508 e. The molecule has 2 N–H and O–H groups in total. The molecule has 0 spiro atoms. The van der Waals surface area contributed by atoms with Crippen LogP contribution in [0.5, 0.6) is 5.75 Å². The molecule has 0 aliphatic heterocycles. The van der Waals surface area contributed by atoms with Crippen LogP contribution in [0.1, 0.15) is 30.0 Å². The van der Waals surface area contributed by atoms with Crippen LogP contribution in [0, 0.1) is 17.5 Å². The average molecular weight is 293 g/mol. The summed E-state index contributed by atoms with van der Waals surface area (Å²) in [7, 11) is 0. The first-order valence-corrected chi connectivity index (χ1v) is 6.78. The van der Waals surface area contributed by atoms with Crippen LogP contribution in [0.25, 0.3) is 0 Å². The second kappa shape index (κ2) is 5.31. The molecule has 1 unspecified atom stereocenters. The molecule has 0 bridgehead atoms. The van der Waals surface area contributed by atoms with Gasteiger partial charge in [0.15, 0.2) is 17.5 Å². The van der Waals surface area contributed by atoms with Crippen molar-refractivity contribution >= 4 is 5.69 Å². The van der Waals surface area contributed by atoms with E-state index in [9.17, 15) is 18.3 Å². The van der Waals surface area contributed by atoms with Crippen LogP contribution >= 0.6 is 0 Å². The molecule has 1 atom stereocenters. The summed E-state index contributed by atoms with van der Waals surface area (Å²) in [4.78, 5) is 0. The molecule has 0 radical (unpaired) electrons. The number of phenols is 1. The summed E-state index contributed by atoms with van der Waals surface area (Å²) in [6.07, 6.45) is 2.47. The van der Waals surface area contributed by atoms with Gasteiger partial charge in [-0.2, -0.15) is 0 Å². The van der Waals surface area contributed by atoms with Gasteiger partial charge in [0, 0.05) is 0 Å². The Morgan fingerprint density at radius 2 is 1.86 bits per heavy atom. The van der Waals surface area contributed by atoms with Crippen molar-refractivity contribution < 1.29 is 18.3 Å². The zero-order chi connectivity index (χ0) is 15.0. The predicted octanol–water partition coefficient (Wildman–Crippen LogP) is 4.30. The first-order chi connectivity index (χ1) is 10.1. The van der Waals surface area contributed by atoms with Gasteiger partial charge in [-0.15, -0.1) is 0 Å². The van der Waals surface area contributed by atoms with Crippen molar-refractivity contribution in [1.82, 2.24) is 0 Å². The van der Waals surface area contributed by atoms with Crippen LogP contribution in [0.2, 0.25) is 0 Å². The Morgan fingerprint density at radius 1 is 1.05 bits per heavy atom. The molecule has 0 amide bonds. The number of halogens is 3. The van der Waals surface area contributed by atoms with Crippen molar-refractivity contribution in [1.29, 1.82) is 0 Å². The van der Waals surface area contributed by atoms with Gasteiger partial charge in [-0.1, -0.05) is 6.07 Å². The molecule has 0 aromatic heterocycles. The maximum Gasteiger partial charge on any atom is 0.196 e. The highest BCUT2D eigenvalue weighted by Crippen LogP contribution is 2.35. The summed E-state index contributed by atoms with van der Waals surface area (Å²) in [5.74, 6) is -3.69. The molecular weight excluding hydrogens is 279 g/mol. The number of hydrogen-bond acceptors (Lipinski definition) is 2. The highest BCUT2D eigenvalue weighted by molar-refractivity contribution is 5.49. The van der Waals surface area contributed by atoms with Crippen molar-refractivity contribution in [3.05, 3.63) is 58.9 Å². The van der Waals surface area contributed by atoms with Crippen LogP contribution in [0.3, 0.4) is 0 Å². The highest BCUT2D eigenvalue weighted by Gasteiger charge is 2.22. The van der Waals surface area contributed by atoms with E-state index < -0.39 is 17.5 Å². The molecule has 0 fully saturated rings. The fraction of sp³-hybridized carbons (Fsp3) is 0.250. The van der Waals surface area contributed by atoms with Gasteiger partial charge in [0.05, 0.1) is 11.7 Å². The molecule has 1 aliphatic carbocycles. The summed E-state index contributed by atoms with van der Waals surface area (Å²) in [5, 5.41) is 12.4. The fourth-order valence-corrected chi connectivity index (χ4v) is 2.78. The molecule has 21 heavy (non-hydrogen) atoms. The molecule has 1 aliphatic rings. The number of anilines is 1. The van der Waals surface area contributed by atoms with Gasteiger partial charge in [-0.05, 0) is 54.7 Å². The van der Waals surface area contributed by atoms with Gasteiger partial charge in [0.25, 0.3) is 0 Å². The van der Waals surface area contributed by atoms with E-state index in [1.165, 1.54) is 6.07 Å². The number of nitrogens with one attached hydrogen (secondary N) is 1. The lowest BCUT2D eigenvalue weighted by Crippen LogP contribution is -2.18. The van der Waals surface area contributed by atoms with E-state index in [2.05, 4.69) is 5.32 Å². The summed E-state index contributed by atoms with van der Waals surface area (Å²) >= 11 is 0. The molecule has 2 nitrogen and oxygen atoms in total. The second-order valence-corrected chi connectivity index (χ2v) is 5.20. The minimum Gasteiger partial charge on any atom is -0.508 e. The van der Waals surface area contributed by atoms with E-state index >= 15 is 0 Å². The van der Waals surface area contributed by atoms with Gasteiger partial charge in [0.2, 0.25) is 0 Å². The zero-order valence-electron chi connectivity index (χ0n) is 11.2. The van der Waals surface area contributed by atoms with Crippen LogP contribution in [0.4, 0.5) is 18.9 Å². The molecule has 0 saturated carbocycles. The molecule has 0 heterocycles. The Morgan fingerprint density at radius 3 is 2.67 bits per heavy atom. The summed E-state index contributed by atoms with van der Waals surface area (Å²) in [6.45, 7) is 0. The standard InChI is InChI=1S/C16H14F3NO/c17-12-6-7-14(16(19)15(12)18)20-13-3-1-2-9-8-10(21)4-5-11(9)13/h4-8,13,20-21H,1-3H2. The monoisotopic (exact) mass is 293 g/mol. The predicted molar refractivity (Wildman–Crippen MR) is 73.7 cm³/mol. The summed E-state index contributed by atoms with van der Waals surface area (Å²) in [6, 6.07) is 6.95. The smallest absolute Gasteiger partial charge is 0.196 e. The molecule has 2 aromatic carbocycles. The van der Waals surface area contributed by atoms with Crippen molar-refractivity contribution in [3.8, 4) is 5.75 Å². The fourth-order valence-electron chi connectivity index (χ4n) is 2.78. The minimum atomic E-state index is -1.47. The molecule has 3 rings (SSSR count). The Hall–Kier alpha value is -2.17. The third kappa shape index (κ3) is 2.55. The van der Waals surface area contributed by atoms with Gasteiger partial charge in [-0.25, -0.2) is 13.2 Å². The average Bonchev–Trinajstić information content (AvgIpc) is 2.48. The number of fused-ring (bicyclic) bond motifs is 1. The third-order valence-electron chi connectivity index (χ3n) is 3.81. The normalized spacial score (nSPS) is 17.4. The van der Waals surface area contributed by atoms with E-state index in [1.54, 1.807) is 18.2 Å². The molecule has 5 heteroatoms. The van der Waals surface area contributed by atoms with E-state index in [0.29, 0.717) is 0 Å². The zero-order valence-corrected chi connectivity index (χ0v) is 11.2. The Bertz CT molecular complexity index is 687. The van der Waals surface area contributed by atoms with E-state index in [0.717, 1.165) is 36.5 Å². The number of benzene rings is 2. The van der Waals surface area contributed by atoms with E-state index in [1.807, 2.05) is 0 Å². The van der Waals surface area contributed by atoms with Crippen molar-refractivity contribution in [2.75, 3.05) is 5.32 Å². The van der Waals surface area contributed by atoms with Gasteiger partial charge < -0.3 is 10.4 Å². The molecule has 2 aromatic rings. The number of phenolic OH excluding ortho intramolecular Hbond substituents is 1. The topological polar surface area (TPSA) is 32.3 Å².